The lowest BCUT2D eigenvalue weighted by molar-refractivity contribution is -0.121. The Kier molecular flexibility index (Phi) is 6.82. The molecular weight excluding hydrogens is 564 g/mol. The van der Waals surface area contributed by atoms with Crippen molar-refractivity contribution < 1.29 is 18.8 Å². The average Bonchev–Trinajstić information content (AvgIpc) is 3.23. The Balaban J connectivity index is 1.55. The minimum absolute atomic E-state index is 0.202. The van der Waals surface area contributed by atoms with Gasteiger partial charge in [-0.3, -0.25) is 9.59 Å². The molecule has 1 aliphatic rings. The molecule has 36 heavy (non-hydrogen) atoms. The predicted octanol–water partition coefficient (Wildman–Crippen LogP) is 7.43. The van der Waals surface area contributed by atoms with Crippen molar-refractivity contribution in [1.82, 2.24) is 0 Å². The number of hydrogen-bond acceptors (Lipinski definition) is 5. The van der Waals surface area contributed by atoms with Gasteiger partial charge < -0.3 is 4.42 Å². The van der Waals surface area contributed by atoms with Gasteiger partial charge in [0.25, 0.3) is 11.8 Å². The highest BCUT2D eigenvalue weighted by molar-refractivity contribution is 9.10. The van der Waals surface area contributed by atoms with Crippen LogP contribution in [-0.4, -0.2) is 17.8 Å². The number of amides is 4. The van der Waals surface area contributed by atoms with Crippen LogP contribution in [0.5, 0.6) is 0 Å². The van der Waals surface area contributed by atoms with Crippen LogP contribution >= 0.6 is 39.3 Å². The SMILES string of the molecule is O=C1C(=Cc2cc(Br)c(Sc3ccc(Cl)cc3)o2)C(=O)N(c2ccccc2)C(=O)N1c1ccccc1. The molecule has 1 aromatic heterocycles. The van der Waals surface area contributed by atoms with Crippen molar-refractivity contribution in [1.29, 1.82) is 0 Å². The largest absolute Gasteiger partial charge is 0.449 e. The van der Waals surface area contributed by atoms with Gasteiger partial charge in [0.1, 0.15) is 11.3 Å². The molecule has 9 heteroatoms. The van der Waals surface area contributed by atoms with Crippen LogP contribution in [0.2, 0.25) is 5.02 Å². The lowest BCUT2D eigenvalue weighted by Gasteiger charge is -2.33. The summed E-state index contributed by atoms with van der Waals surface area (Å²) in [6.07, 6.45) is 1.36. The number of imide groups is 2. The average molecular weight is 580 g/mol. The molecular formula is C27H16BrClN2O4S. The highest BCUT2D eigenvalue weighted by atomic mass is 79.9. The van der Waals surface area contributed by atoms with E-state index in [1.807, 2.05) is 12.1 Å². The summed E-state index contributed by atoms with van der Waals surface area (Å²) >= 11 is 10.8. The zero-order chi connectivity index (χ0) is 25.2. The van der Waals surface area contributed by atoms with Crippen molar-refractivity contribution in [2.45, 2.75) is 9.99 Å². The first-order valence-electron chi connectivity index (χ1n) is 10.7. The van der Waals surface area contributed by atoms with Crippen molar-refractivity contribution in [3.63, 3.8) is 0 Å². The van der Waals surface area contributed by atoms with Crippen molar-refractivity contribution in [2.75, 3.05) is 9.80 Å². The lowest BCUT2D eigenvalue weighted by atomic mass is 10.1. The van der Waals surface area contributed by atoms with E-state index in [2.05, 4.69) is 15.9 Å². The van der Waals surface area contributed by atoms with E-state index >= 15 is 0 Å². The van der Waals surface area contributed by atoms with Crippen molar-refractivity contribution in [3.05, 3.63) is 112 Å². The molecule has 4 amide bonds. The molecule has 0 radical (unpaired) electrons. The number of hydrogen-bond donors (Lipinski definition) is 0. The fourth-order valence-corrected chi connectivity index (χ4v) is 5.06. The molecule has 0 saturated carbocycles. The highest BCUT2D eigenvalue weighted by Gasteiger charge is 2.43. The van der Waals surface area contributed by atoms with Crippen LogP contribution in [0.25, 0.3) is 6.08 Å². The Morgan fingerprint density at radius 3 is 1.83 bits per heavy atom. The Morgan fingerprint density at radius 2 is 1.31 bits per heavy atom. The van der Waals surface area contributed by atoms with Gasteiger partial charge in [0.05, 0.1) is 15.8 Å². The zero-order valence-electron chi connectivity index (χ0n) is 18.4. The Hall–Kier alpha value is -3.59. The first-order valence-corrected chi connectivity index (χ1v) is 12.7. The number of carbonyl (C=O) groups excluding carboxylic acids is 3. The molecule has 4 aromatic rings. The second-order valence-corrected chi connectivity index (χ2v) is 9.97. The summed E-state index contributed by atoms with van der Waals surface area (Å²) in [6.45, 7) is 0. The van der Waals surface area contributed by atoms with E-state index in [1.54, 1.807) is 78.9 Å². The van der Waals surface area contributed by atoms with E-state index in [9.17, 15) is 14.4 Å². The number of rotatable bonds is 5. The minimum Gasteiger partial charge on any atom is -0.449 e. The number of barbiturate groups is 1. The highest BCUT2D eigenvalue weighted by Crippen LogP contribution is 2.37. The summed E-state index contributed by atoms with van der Waals surface area (Å²) in [5.74, 6) is -1.18. The fraction of sp³-hybridized carbons (Fsp3) is 0. The van der Waals surface area contributed by atoms with E-state index in [-0.39, 0.29) is 11.3 Å². The summed E-state index contributed by atoms with van der Waals surface area (Å²) in [4.78, 5) is 43.2. The number of halogens is 2. The Bertz CT molecular complexity index is 1420. The summed E-state index contributed by atoms with van der Waals surface area (Å²) in [5.41, 5.74) is 0.504. The van der Waals surface area contributed by atoms with Gasteiger partial charge >= 0.3 is 6.03 Å². The second-order valence-electron chi connectivity index (χ2n) is 7.63. The maximum atomic E-state index is 13.5. The molecule has 0 bridgehead atoms. The molecule has 3 aromatic carbocycles. The van der Waals surface area contributed by atoms with Gasteiger partial charge in [-0.15, -0.1) is 0 Å². The minimum atomic E-state index is -0.751. The topological polar surface area (TPSA) is 70.8 Å². The maximum Gasteiger partial charge on any atom is 0.343 e. The number of benzene rings is 3. The van der Waals surface area contributed by atoms with Gasteiger partial charge in [0.15, 0.2) is 5.09 Å². The lowest BCUT2D eigenvalue weighted by Crippen LogP contribution is -2.57. The van der Waals surface area contributed by atoms with E-state index in [0.717, 1.165) is 14.7 Å². The van der Waals surface area contributed by atoms with Gasteiger partial charge in [0, 0.05) is 9.92 Å². The summed E-state index contributed by atoms with van der Waals surface area (Å²) in [7, 11) is 0. The molecule has 0 N–H and O–H groups in total. The zero-order valence-corrected chi connectivity index (χ0v) is 21.6. The molecule has 6 nitrogen and oxygen atoms in total. The van der Waals surface area contributed by atoms with Crippen LogP contribution in [0.1, 0.15) is 5.76 Å². The number of carbonyl (C=O) groups is 3. The number of para-hydroxylation sites is 2. The van der Waals surface area contributed by atoms with Gasteiger partial charge in [-0.25, -0.2) is 14.6 Å². The third-order valence-electron chi connectivity index (χ3n) is 5.26. The van der Waals surface area contributed by atoms with Crippen LogP contribution in [0.15, 0.2) is 115 Å². The third kappa shape index (κ3) is 4.75. The predicted molar refractivity (Wildman–Crippen MR) is 143 cm³/mol. The van der Waals surface area contributed by atoms with Crippen LogP contribution < -0.4 is 9.80 Å². The third-order valence-corrected chi connectivity index (χ3v) is 7.36. The standard InChI is InChI=1S/C27H16BrClN2O4S/c28-23-16-20(35-26(23)36-21-13-11-17(29)12-14-21)15-22-24(32)30(18-7-3-1-4-8-18)27(34)31(25(22)33)19-9-5-2-6-10-19/h1-16H. The molecule has 178 valence electrons. The fourth-order valence-electron chi connectivity index (χ4n) is 3.60. The monoisotopic (exact) mass is 578 g/mol. The van der Waals surface area contributed by atoms with E-state index in [0.29, 0.717) is 26.0 Å². The Labute approximate surface area is 224 Å². The molecule has 0 unspecified atom stereocenters. The molecule has 0 atom stereocenters. The quantitative estimate of drug-likeness (QED) is 0.182. The van der Waals surface area contributed by atoms with Crippen LogP contribution in [0.4, 0.5) is 16.2 Å². The van der Waals surface area contributed by atoms with E-state index < -0.39 is 17.8 Å². The number of anilines is 2. The van der Waals surface area contributed by atoms with E-state index in [1.165, 1.54) is 17.8 Å². The maximum absolute atomic E-state index is 13.5. The van der Waals surface area contributed by atoms with Gasteiger partial charge in [0.2, 0.25) is 0 Å². The van der Waals surface area contributed by atoms with Crippen LogP contribution in [-0.2, 0) is 9.59 Å². The summed E-state index contributed by atoms with van der Waals surface area (Å²) in [6, 6.07) is 25.1. The van der Waals surface area contributed by atoms with Crippen molar-refractivity contribution in [3.8, 4) is 0 Å². The molecule has 5 rings (SSSR count). The van der Waals surface area contributed by atoms with Gasteiger partial charge in [-0.05, 0) is 76.6 Å². The van der Waals surface area contributed by atoms with Crippen LogP contribution in [0, 0.1) is 0 Å². The summed E-state index contributed by atoms with van der Waals surface area (Å²) < 4.78 is 6.59. The first-order chi connectivity index (χ1) is 17.4. The first kappa shape index (κ1) is 24.1. The molecule has 0 aliphatic carbocycles. The Morgan fingerprint density at radius 1 is 0.778 bits per heavy atom. The number of furan rings is 1. The second kappa shape index (κ2) is 10.2. The number of nitrogens with zero attached hydrogens (tertiary/aromatic N) is 2. The molecule has 2 heterocycles. The van der Waals surface area contributed by atoms with Crippen molar-refractivity contribution >= 4 is 74.6 Å². The molecule has 1 aliphatic heterocycles. The van der Waals surface area contributed by atoms with Gasteiger partial charge in [-0.1, -0.05) is 59.8 Å². The summed E-state index contributed by atoms with van der Waals surface area (Å²) in [5, 5.41) is 1.16. The molecule has 1 saturated heterocycles. The molecule has 0 spiro atoms. The van der Waals surface area contributed by atoms with Crippen LogP contribution in [0.3, 0.4) is 0 Å². The number of urea groups is 1. The molecule has 1 fully saturated rings. The van der Waals surface area contributed by atoms with E-state index in [4.69, 9.17) is 16.0 Å². The smallest absolute Gasteiger partial charge is 0.343 e. The van der Waals surface area contributed by atoms with Gasteiger partial charge in [-0.2, -0.15) is 0 Å². The normalized spacial score (nSPS) is 13.9. The van der Waals surface area contributed by atoms with Crippen molar-refractivity contribution in [2.24, 2.45) is 0 Å².